The van der Waals surface area contributed by atoms with Crippen molar-refractivity contribution < 1.29 is 14.7 Å². The molecule has 1 N–H and O–H groups in total. The molecule has 4 nitrogen and oxygen atoms in total. The Kier molecular flexibility index (Phi) is 1.85. The number of likely N-dealkylation sites (tertiary alicyclic amines) is 1. The predicted molar refractivity (Wildman–Crippen MR) is 38.0 cm³/mol. The Balaban J connectivity index is 2.74. The van der Waals surface area contributed by atoms with Crippen molar-refractivity contribution in [3.63, 3.8) is 0 Å². The summed E-state index contributed by atoms with van der Waals surface area (Å²) in [4.78, 5) is 23.0. The molecule has 2 atom stereocenters. The molecule has 4 heteroatoms. The third-order valence-corrected chi connectivity index (χ3v) is 2.30. The maximum atomic E-state index is 11.0. The van der Waals surface area contributed by atoms with E-state index in [1.54, 1.807) is 14.0 Å². The molecule has 1 aliphatic rings. The molecule has 1 fully saturated rings. The van der Waals surface area contributed by atoms with E-state index in [1.807, 2.05) is 0 Å². The first-order valence-corrected chi connectivity index (χ1v) is 3.52. The lowest BCUT2D eigenvalue weighted by molar-refractivity contribution is -0.142. The van der Waals surface area contributed by atoms with Crippen LogP contribution in [0.5, 0.6) is 0 Å². The molecule has 1 saturated heterocycles. The van der Waals surface area contributed by atoms with Crippen molar-refractivity contribution in [2.24, 2.45) is 5.92 Å². The smallest absolute Gasteiger partial charge is 0.309 e. The minimum Gasteiger partial charge on any atom is -0.481 e. The summed E-state index contributed by atoms with van der Waals surface area (Å²) in [6.45, 7) is 1.75. The van der Waals surface area contributed by atoms with Gasteiger partial charge < -0.3 is 10.0 Å². The van der Waals surface area contributed by atoms with Gasteiger partial charge in [-0.2, -0.15) is 0 Å². The molecule has 1 heterocycles. The molecular weight excluding hydrogens is 146 g/mol. The Bertz CT molecular complexity index is 202. The lowest BCUT2D eigenvalue weighted by atomic mass is 10.0. The lowest BCUT2D eigenvalue weighted by Gasteiger charge is -2.17. The van der Waals surface area contributed by atoms with E-state index in [9.17, 15) is 9.59 Å². The molecule has 1 amide bonds. The van der Waals surface area contributed by atoms with Crippen molar-refractivity contribution in [2.45, 2.75) is 19.4 Å². The second kappa shape index (κ2) is 2.53. The first kappa shape index (κ1) is 8.04. The number of rotatable bonds is 1. The summed E-state index contributed by atoms with van der Waals surface area (Å²) in [7, 11) is 1.63. The highest BCUT2D eigenvalue weighted by molar-refractivity contribution is 5.86. The van der Waals surface area contributed by atoms with E-state index in [2.05, 4.69) is 0 Å². The van der Waals surface area contributed by atoms with Gasteiger partial charge in [-0.3, -0.25) is 9.59 Å². The third kappa shape index (κ3) is 1.20. The highest BCUT2D eigenvalue weighted by Crippen LogP contribution is 2.23. The number of hydrogen-bond donors (Lipinski definition) is 1. The zero-order valence-electron chi connectivity index (χ0n) is 6.57. The van der Waals surface area contributed by atoms with Crippen molar-refractivity contribution in [2.75, 3.05) is 7.05 Å². The molecule has 11 heavy (non-hydrogen) atoms. The van der Waals surface area contributed by atoms with Crippen LogP contribution >= 0.6 is 0 Å². The van der Waals surface area contributed by atoms with Gasteiger partial charge in [0.15, 0.2) is 0 Å². The second-order valence-electron chi connectivity index (χ2n) is 2.89. The summed E-state index contributed by atoms with van der Waals surface area (Å²) in [5.74, 6) is -1.48. The minimum absolute atomic E-state index is 0.0788. The summed E-state index contributed by atoms with van der Waals surface area (Å²) in [6.07, 6.45) is 0.146. The molecule has 1 rings (SSSR count). The number of carbonyl (C=O) groups excluding carboxylic acids is 1. The SMILES string of the molecule is C[C@H]1[C@@H](C(=O)O)CC(=O)N1C. The van der Waals surface area contributed by atoms with Gasteiger partial charge in [-0.25, -0.2) is 0 Å². The Morgan fingerprint density at radius 1 is 1.73 bits per heavy atom. The number of carboxylic acids is 1. The van der Waals surface area contributed by atoms with E-state index in [-0.39, 0.29) is 18.4 Å². The van der Waals surface area contributed by atoms with Gasteiger partial charge in [0, 0.05) is 19.5 Å². The van der Waals surface area contributed by atoms with Gasteiger partial charge >= 0.3 is 5.97 Å². The second-order valence-corrected chi connectivity index (χ2v) is 2.89. The van der Waals surface area contributed by atoms with Crippen molar-refractivity contribution >= 4 is 11.9 Å². The number of carbonyl (C=O) groups is 2. The first-order valence-electron chi connectivity index (χ1n) is 3.52. The molecule has 0 aromatic heterocycles. The Hall–Kier alpha value is -1.06. The van der Waals surface area contributed by atoms with Crippen LogP contribution in [0.3, 0.4) is 0 Å². The quantitative estimate of drug-likeness (QED) is 0.580. The number of hydrogen-bond acceptors (Lipinski definition) is 2. The molecule has 0 bridgehead atoms. The van der Waals surface area contributed by atoms with Crippen LogP contribution in [0.2, 0.25) is 0 Å². The van der Waals surface area contributed by atoms with Crippen LogP contribution in [-0.2, 0) is 9.59 Å². The topological polar surface area (TPSA) is 57.6 Å². The Morgan fingerprint density at radius 3 is 2.45 bits per heavy atom. The van der Waals surface area contributed by atoms with E-state index >= 15 is 0 Å². The van der Waals surface area contributed by atoms with E-state index in [4.69, 9.17) is 5.11 Å². The lowest BCUT2D eigenvalue weighted by Crippen LogP contribution is -2.31. The Labute approximate surface area is 64.8 Å². The number of carboxylic acid groups (broad SMARTS) is 1. The average molecular weight is 157 g/mol. The molecule has 0 aliphatic carbocycles. The fraction of sp³-hybridized carbons (Fsp3) is 0.714. The molecule has 0 spiro atoms. The normalized spacial score (nSPS) is 31.1. The third-order valence-electron chi connectivity index (χ3n) is 2.30. The van der Waals surface area contributed by atoms with Gasteiger partial charge in [0.25, 0.3) is 0 Å². The number of aliphatic carboxylic acids is 1. The summed E-state index contributed by atoms with van der Waals surface area (Å²) in [5, 5.41) is 8.64. The fourth-order valence-electron chi connectivity index (χ4n) is 1.29. The van der Waals surface area contributed by atoms with Crippen LogP contribution in [0.1, 0.15) is 13.3 Å². The van der Waals surface area contributed by atoms with Gasteiger partial charge in [-0.1, -0.05) is 0 Å². The predicted octanol–water partition coefficient (Wildman–Crippen LogP) is -0.0622. The summed E-state index contributed by atoms with van der Waals surface area (Å²) in [6, 6.07) is -0.167. The largest absolute Gasteiger partial charge is 0.481 e. The van der Waals surface area contributed by atoms with Crippen LogP contribution < -0.4 is 0 Å². The molecular formula is C7H11NO3. The zero-order chi connectivity index (χ0) is 8.59. The van der Waals surface area contributed by atoms with E-state index in [0.29, 0.717) is 0 Å². The molecule has 0 saturated carbocycles. The summed E-state index contributed by atoms with van der Waals surface area (Å²) < 4.78 is 0. The van der Waals surface area contributed by atoms with Crippen LogP contribution in [0.15, 0.2) is 0 Å². The monoisotopic (exact) mass is 157 g/mol. The van der Waals surface area contributed by atoms with Crippen molar-refractivity contribution in [1.29, 1.82) is 0 Å². The van der Waals surface area contributed by atoms with Crippen LogP contribution in [0.4, 0.5) is 0 Å². The van der Waals surface area contributed by atoms with Gasteiger partial charge in [0.2, 0.25) is 5.91 Å². The number of amides is 1. The highest BCUT2D eigenvalue weighted by Gasteiger charge is 2.38. The van der Waals surface area contributed by atoms with Crippen LogP contribution in [0.25, 0.3) is 0 Å². The fourth-order valence-corrected chi connectivity index (χ4v) is 1.29. The average Bonchev–Trinajstić information content (AvgIpc) is 2.17. The van der Waals surface area contributed by atoms with Crippen molar-refractivity contribution in [3.05, 3.63) is 0 Å². The Morgan fingerprint density at radius 2 is 2.27 bits per heavy atom. The van der Waals surface area contributed by atoms with Crippen LogP contribution in [0, 0.1) is 5.92 Å². The molecule has 62 valence electrons. The van der Waals surface area contributed by atoms with Crippen molar-refractivity contribution in [3.8, 4) is 0 Å². The van der Waals surface area contributed by atoms with Gasteiger partial charge in [-0.15, -0.1) is 0 Å². The van der Waals surface area contributed by atoms with E-state index in [1.165, 1.54) is 4.90 Å². The maximum absolute atomic E-state index is 11.0. The molecule has 0 radical (unpaired) electrons. The molecule has 1 aliphatic heterocycles. The minimum atomic E-state index is -0.879. The molecule has 0 aromatic carbocycles. The van der Waals surface area contributed by atoms with Crippen LogP contribution in [-0.4, -0.2) is 35.0 Å². The van der Waals surface area contributed by atoms with E-state index < -0.39 is 11.9 Å². The molecule has 0 aromatic rings. The summed E-state index contributed by atoms with van der Waals surface area (Å²) in [5.41, 5.74) is 0. The van der Waals surface area contributed by atoms with Gasteiger partial charge in [0.05, 0.1) is 5.92 Å². The van der Waals surface area contributed by atoms with Gasteiger partial charge in [0.1, 0.15) is 0 Å². The number of nitrogens with zero attached hydrogens (tertiary/aromatic N) is 1. The van der Waals surface area contributed by atoms with Gasteiger partial charge in [-0.05, 0) is 6.92 Å². The summed E-state index contributed by atoms with van der Waals surface area (Å²) >= 11 is 0. The van der Waals surface area contributed by atoms with Crippen molar-refractivity contribution in [1.82, 2.24) is 4.90 Å². The standard InChI is InChI=1S/C7H11NO3/c1-4-5(7(10)11)3-6(9)8(4)2/h4-5H,3H2,1-2H3,(H,10,11)/t4-,5-/m0/s1. The first-order chi connectivity index (χ1) is 5.04. The maximum Gasteiger partial charge on any atom is 0.309 e. The highest BCUT2D eigenvalue weighted by atomic mass is 16.4. The zero-order valence-corrected chi connectivity index (χ0v) is 6.57. The van der Waals surface area contributed by atoms with E-state index in [0.717, 1.165) is 0 Å². The molecule has 0 unspecified atom stereocenters.